The number of hydrogen-bond donors (Lipinski definition) is 4. The molecule has 4 amide bonds. The quantitative estimate of drug-likeness (QED) is 0.192. The van der Waals surface area contributed by atoms with Crippen molar-refractivity contribution >= 4 is 51.1 Å². The summed E-state index contributed by atoms with van der Waals surface area (Å²) < 4.78 is 100. The van der Waals surface area contributed by atoms with Crippen LogP contribution in [0.2, 0.25) is 0 Å². The van der Waals surface area contributed by atoms with Gasteiger partial charge in [0.05, 0.1) is 40.2 Å². The standard InChI is InChI=1S/C41H53F4N7O8S/c1-7-23-12-10-9-11-15-41(44,45)30-34(48-27-18-22(20-46)13-14-26(27)47-30)60-28-21-52(35(54)31(38(3,4)5)49-37(56)59-23)29(24(28)8-2)33(53)50-40(19-25(40)32(42)43)36(55)51-61(57,58)39(6)16-17-39/h11,13-15,18,23-25,28-32,47H,7-10,12,16-17,19,21H2,1-6H3,(H,49,56)(H,50,53)(H,51,55)/b15-11+/t23-,24-,25+,28+,29+,30?,31-,40-/m1/s1. The highest BCUT2D eigenvalue weighted by Crippen LogP contribution is 2.50. The molecule has 5 aliphatic rings. The number of aliphatic imine (C=N–C) groups is 1. The Morgan fingerprint density at radius 1 is 1.11 bits per heavy atom. The number of hydrogen-bond acceptors (Lipinski definition) is 11. The molecule has 3 aliphatic heterocycles. The summed E-state index contributed by atoms with van der Waals surface area (Å²) >= 11 is 0. The van der Waals surface area contributed by atoms with Crippen LogP contribution in [0.5, 0.6) is 0 Å². The van der Waals surface area contributed by atoms with Crippen molar-refractivity contribution in [3.8, 4) is 6.07 Å². The van der Waals surface area contributed by atoms with Crippen LogP contribution >= 0.6 is 0 Å². The second-order valence-corrected chi connectivity index (χ2v) is 20.1. The van der Waals surface area contributed by atoms with Crippen LogP contribution in [0.1, 0.15) is 98.5 Å². The number of alkyl carbamates (subject to hydrolysis) is 1. The van der Waals surface area contributed by atoms with Gasteiger partial charge < -0.3 is 30.3 Å². The number of rotatable bonds is 8. The van der Waals surface area contributed by atoms with E-state index in [0.29, 0.717) is 25.3 Å². The third-order valence-electron chi connectivity index (χ3n) is 12.4. The van der Waals surface area contributed by atoms with E-state index < -0.39 is 123 Å². The molecule has 6 rings (SSSR count). The van der Waals surface area contributed by atoms with Gasteiger partial charge in [0.25, 0.3) is 11.8 Å². The lowest BCUT2D eigenvalue weighted by Gasteiger charge is -2.36. The van der Waals surface area contributed by atoms with Crippen LogP contribution in [0.25, 0.3) is 0 Å². The molecule has 334 valence electrons. The van der Waals surface area contributed by atoms with E-state index in [1.807, 2.05) is 10.8 Å². The Morgan fingerprint density at radius 3 is 2.41 bits per heavy atom. The first-order valence-electron chi connectivity index (χ1n) is 20.6. The van der Waals surface area contributed by atoms with Crippen molar-refractivity contribution in [2.45, 2.75) is 146 Å². The smallest absolute Gasteiger partial charge is 0.408 e. The van der Waals surface area contributed by atoms with Crippen LogP contribution in [0.4, 0.5) is 33.7 Å². The van der Waals surface area contributed by atoms with Gasteiger partial charge in [-0.1, -0.05) is 40.7 Å². The molecule has 4 N–H and O–H groups in total. The molecule has 0 spiro atoms. The molecule has 61 heavy (non-hydrogen) atoms. The molecule has 1 aromatic carbocycles. The second kappa shape index (κ2) is 16.7. The Kier molecular flexibility index (Phi) is 12.5. The number of nitrogens with one attached hydrogen (secondary N) is 4. The summed E-state index contributed by atoms with van der Waals surface area (Å²) in [4.78, 5) is 62.1. The fourth-order valence-electron chi connectivity index (χ4n) is 8.17. The fourth-order valence-corrected chi connectivity index (χ4v) is 9.48. The largest absolute Gasteiger partial charge is 0.473 e. The molecule has 1 aromatic rings. The van der Waals surface area contributed by atoms with Gasteiger partial charge >= 0.3 is 6.09 Å². The number of nitrogens with zero attached hydrogens (tertiary/aromatic N) is 3. The van der Waals surface area contributed by atoms with Crippen molar-refractivity contribution in [3.63, 3.8) is 0 Å². The summed E-state index contributed by atoms with van der Waals surface area (Å²) in [5, 5.41) is 17.4. The van der Waals surface area contributed by atoms with E-state index in [9.17, 15) is 41.6 Å². The van der Waals surface area contributed by atoms with Gasteiger partial charge in [-0.05, 0) is 88.0 Å². The molecule has 2 aliphatic carbocycles. The van der Waals surface area contributed by atoms with E-state index in [4.69, 9.17) is 9.47 Å². The summed E-state index contributed by atoms with van der Waals surface area (Å²) in [7, 11) is -4.33. The zero-order chi connectivity index (χ0) is 44.9. The maximum absolute atomic E-state index is 16.3. The van der Waals surface area contributed by atoms with E-state index in [0.717, 1.165) is 4.90 Å². The van der Waals surface area contributed by atoms with Gasteiger partial charge in [0.2, 0.25) is 34.2 Å². The number of amides is 4. The zero-order valence-corrected chi connectivity index (χ0v) is 35.7. The first kappa shape index (κ1) is 45.6. The van der Waals surface area contributed by atoms with E-state index in [2.05, 4.69) is 20.9 Å². The predicted octanol–water partition coefficient (Wildman–Crippen LogP) is 5.44. The minimum atomic E-state index is -4.33. The number of nitriles is 1. The Labute approximate surface area is 352 Å². The molecule has 2 saturated carbocycles. The van der Waals surface area contributed by atoms with Crippen LogP contribution in [-0.2, 0) is 33.9 Å². The number of carbonyl (C=O) groups excluding carboxylic acids is 4. The summed E-state index contributed by atoms with van der Waals surface area (Å²) in [5.41, 5.74) is -2.94. The fraction of sp³-hybridized carbons (Fsp3) is 0.659. The number of sulfonamides is 1. The number of alkyl halides is 4. The molecule has 20 heteroatoms. The number of halogens is 4. The van der Waals surface area contributed by atoms with Crippen LogP contribution in [0, 0.1) is 28.6 Å². The first-order chi connectivity index (χ1) is 28.5. The van der Waals surface area contributed by atoms with Crippen molar-refractivity contribution < 1.29 is 54.6 Å². The predicted molar refractivity (Wildman–Crippen MR) is 214 cm³/mol. The Balaban J connectivity index is 1.44. The van der Waals surface area contributed by atoms with Crippen molar-refractivity contribution in [3.05, 3.63) is 35.9 Å². The maximum atomic E-state index is 16.3. The van der Waals surface area contributed by atoms with Crippen molar-refractivity contribution in [1.82, 2.24) is 20.3 Å². The first-order valence-corrected chi connectivity index (χ1v) is 22.0. The molecule has 15 nitrogen and oxygen atoms in total. The van der Waals surface area contributed by atoms with Gasteiger partial charge in [-0.3, -0.25) is 19.1 Å². The Bertz CT molecular complexity index is 2140. The van der Waals surface area contributed by atoms with E-state index in [1.54, 1.807) is 34.6 Å². The zero-order valence-electron chi connectivity index (χ0n) is 34.9. The van der Waals surface area contributed by atoms with Crippen LogP contribution < -0.4 is 20.7 Å². The van der Waals surface area contributed by atoms with Gasteiger partial charge in [0.15, 0.2) is 6.04 Å². The number of cyclic esters (lactones) is 1. The van der Waals surface area contributed by atoms with Gasteiger partial charge in [-0.15, -0.1) is 0 Å². The number of anilines is 1. The highest BCUT2D eigenvalue weighted by molar-refractivity contribution is 7.91. The van der Waals surface area contributed by atoms with E-state index in [-0.39, 0.29) is 42.6 Å². The van der Waals surface area contributed by atoms with Gasteiger partial charge in [-0.2, -0.15) is 14.0 Å². The SMILES string of the molecule is CC[C@@H]1CCC/C=C/C(F)(F)C2Nc3ccc(C#N)cc3N=C2O[C@H]2CN(C(=O)[C@H](C(C)(C)C)NC(=O)O1)[C@H](C(=O)N[C@]1(C(=O)NS(=O)(=O)C3(C)CC3)C[C@H]1C(F)F)[C@@H]2CC. The Morgan fingerprint density at radius 2 is 1.82 bits per heavy atom. The number of allylic oxidation sites excluding steroid dienone is 1. The van der Waals surface area contributed by atoms with E-state index in [1.165, 1.54) is 31.2 Å². The number of ether oxygens (including phenoxy) is 2. The van der Waals surface area contributed by atoms with Gasteiger partial charge in [0, 0.05) is 5.92 Å². The minimum Gasteiger partial charge on any atom is -0.473 e. The number of fused-ring (bicyclic) bond motifs is 4. The lowest BCUT2D eigenvalue weighted by molar-refractivity contribution is -0.144. The average molecular weight is 880 g/mol. The molecular formula is C41H53F4N7O8S. The molecule has 3 heterocycles. The van der Waals surface area contributed by atoms with Gasteiger partial charge in [0.1, 0.15) is 29.8 Å². The highest BCUT2D eigenvalue weighted by atomic mass is 32.2. The normalized spacial score (nSPS) is 31.5. The van der Waals surface area contributed by atoms with E-state index >= 15 is 8.78 Å². The van der Waals surface area contributed by atoms with Gasteiger partial charge in [-0.25, -0.2) is 27.0 Å². The lowest BCUT2D eigenvalue weighted by atomic mass is 9.85. The van der Waals surface area contributed by atoms with Crippen molar-refractivity contribution in [1.29, 1.82) is 5.26 Å². The van der Waals surface area contributed by atoms with Crippen LogP contribution in [0.3, 0.4) is 0 Å². The highest BCUT2D eigenvalue weighted by Gasteiger charge is 2.68. The maximum Gasteiger partial charge on any atom is 0.408 e. The van der Waals surface area contributed by atoms with Crippen molar-refractivity contribution in [2.75, 3.05) is 11.9 Å². The topological polar surface area (TPSA) is 208 Å². The average Bonchev–Trinajstić information content (AvgIpc) is 4.09. The minimum absolute atomic E-state index is 0.0292. The molecule has 3 fully saturated rings. The van der Waals surface area contributed by atoms with Crippen LogP contribution in [-0.4, -0.2) is 103 Å². The monoisotopic (exact) mass is 879 g/mol. The molecule has 0 aromatic heterocycles. The molecule has 0 radical (unpaired) electrons. The molecule has 1 saturated heterocycles. The molecular weight excluding hydrogens is 827 g/mol. The Hall–Kier alpha value is -4.93. The molecule has 8 atom stereocenters. The molecule has 2 bridgehead atoms. The lowest BCUT2D eigenvalue weighted by Crippen LogP contribution is -2.61. The number of benzene rings is 1. The summed E-state index contributed by atoms with van der Waals surface area (Å²) in [6.07, 6.45) is -2.84. The number of carbonyl (C=O) groups is 4. The third-order valence-corrected chi connectivity index (χ3v) is 14.6. The molecule has 1 unspecified atom stereocenters. The summed E-state index contributed by atoms with van der Waals surface area (Å²) in [6.45, 7) is 9.30. The summed E-state index contributed by atoms with van der Waals surface area (Å²) in [5.74, 6) is -10.3. The summed E-state index contributed by atoms with van der Waals surface area (Å²) in [6, 6.07) is 1.32. The third kappa shape index (κ3) is 9.17. The van der Waals surface area contributed by atoms with Crippen LogP contribution in [0.15, 0.2) is 35.3 Å². The van der Waals surface area contributed by atoms with Crippen molar-refractivity contribution in [2.24, 2.45) is 22.2 Å². The second-order valence-electron chi connectivity index (χ2n) is 17.9.